The second-order valence-electron chi connectivity index (χ2n) is 3.84. The fourth-order valence-corrected chi connectivity index (χ4v) is 1.86. The smallest absolute Gasteiger partial charge is 0.143 e. The normalized spacial score (nSPS) is 20.7. The molecule has 0 N–H and O–H groups in total. The minimum atomic E-state index is 0.272. The lowest BCUT2D eigenvalue weighted by molar-refractivity contribution is -0.116. The SMILES string of the molecule is O=C(CBr)CCCCOCC1CCCO1. The van der Waals surface area contributed by atoms with E-state index in [0.29, 0.717) is 24.5 Å². The van der Waals surface area contributed by atoms with Crippen LogP contribution in [-0.4, -0.2) is 37.0 Å². The average molecular weight is 279 g/mol. The molecule has 0 saturated carbocycles. The number of ketones is 1. The van der Waals surface area contributed by atoms with Crippen molar-refractivity contribution < 1.29 is 14.3 Å². The van der Waals surface area contributed by atoms with Gasteiger partial charge >= 0.3 is 0 Å². The Morgan fingerprint density at radius 2 is 2.33 bits per heavy atom. The predicted octanol–water partition coefficient (Wildman–Crippen LogP) is 2.32. The Morgan fingerprint density at radius 1 is 1.47 bits per heavy atom. The highest BCUT2D eigenvalue weighted by Crippen LogP contribution is 2.12. The molecule has 0 aliphatic carbocycles. The van der Waals surface area contributed by atoms with E-state index in [2.05, 4.69) is 15.9 Å². The molecule has 1 heterocycles. The molecule has 88 valence electrons. The van der Waals surface area contributed by atoms with Crippen molar-refractivity contribution in [2.24, 2.45) is 0 Å². The molecule has 4 heteroatoms. The first-order valence-electron chi connectivity index (χ1n) is 5.60. The van der Waals surface area contributed by atoms with Gasteiger partial charge in [-0.15, -0.1) is 0 Å². The molecule has 15 heavy (non-hydrogen) atoms. The van der Waals surface area contributed by atoms with Gasteiger partial charge < -0.3 is 9.47 Å². The van der Waals surface area contributed by atoms with Crippen molar-refractivity contribution in [3.63, 3.8) is 0 Å². The van der Waals surface area contributed by atoms with E-state index in [-0.39, 0.29) is 5.78 Å². The molecular formula is C11H19BrO3. The number of carbonyl (C=O) groups excluding carboxylic acids is 1. The van der Waals surface area contributed by atoms with Gasteiger partial charge in [-0.1, -0.05) is 15.9 Å². The number of ether oxygens (including phenoxy) is 2. The van der Waals surface area contributed by atoms with E-state index >= 15 is 0 Å². The summed E-state index contributed by atoms with van der Waals surface area (Å²) in [5.74, 6) is 0.272. The topological polar surface area (TPSA) is 35.5 Å². The number of unbranched alkanes of at least 4 members (excludes halogenated alkanes) is 1. The number of Topliss-reactive ketones (excluding diaryl/α,β-unsaturated/α-hetero) is 1. The molecule has 0 amide bonds. The molecule has 0 bridgehead atoms. The number of carbonyl (C=O) groups is 1. The van der Waals surface area contributed by atoms with Gasteiger partial charge in [0.2, 0.25) is 0 Å². The van der Waals surface area contributed by atoms with Crippen LogP contribution in [0.5, 0.6) is 0 Å². The van der Waals surface area contributed by atoms with E-state index in [1.54, 1.807) is 0 Å². The summed E-state index contributed by atoms with van der Waals surface area (Å²) >= 11 is 3.14. The first kappa shape index (κ1) is 13.1. The maximum atomic E-state index is 10.9. The summed E-state index contributed by atoms with van der Waals surface area (Å²) in [5.41, 5.74) is 0. The number of alkyl halides is 1. The van der Waals surface area contributed by atoms with Crippen molar-refractivity contribution in [3.8, 4) is 0 Å². The minimum Gasteiger partial charge on any atom is -0.379 e. The summed E-state index contributed by atoms with van der Waals surface area (Å²) in [7, 11) is 0. The summed E-state index contributed by atoms with van der Waals surface area (Å²) in [5, 5.41) is 0.476. The fraction of sp³-hybridized carbons (Fsp3) is 0.909. The maximum Gasteiger partial charge on any atom is 0.143 e. The Labute approximate surface area is 99.6 Å². The highest BCUT2D eigenvalue weighted by atomic mass is 79.9. The van der Waals surface area contributed by atoms with Crippen molar-refractivity contribution >= 4 is 21.7 Å². The van der Waals surface area contributed by atoms with Crippen LogP contribution in [0.15, 0.2) is 0 Å². The van der Waals surface area contributed by atoms with Crippen LogP contribution < -0.4 is 0 Å². The van der Waals surface area contributed by atoms with Crippen molar-refractivity contribution in [1.29, 1.82) is 0 Å². The molecule has 0 aromatic carbocycles. The van der Waals surface area contributed by atoms with E-state index in [4.69, 9.17) is 9.47 Å². The number of hydrogen-bond acceptors (Lipinski definition) is 3. The van der Waals surface area contributed by atoms with E-state index in [9.17, 15) is 4.79 Å². The van der Waals surface area contributed by atoms with Crippen LogP contribution in [0.25, 0.3) is 0 Å². The number of halogens is 1. The zero-order valence-corrected chi connectivity index (χ0v) is 10.6. The highest BCUT2D eigenvalue weighted by molar-refractivity contribution is 9.09. The quantitative estimate of drug-likeness (QED) is 0.505. The van der Waals surface area contributed by atoms with Crippen LogP contribution >= 0.6 is 15.9 Å². The van der Waals surface area contributed by atoms with Crippen LogP contribution in [0, 0.1) is 0 Å². The lowest BCUT2D eigenvalue weighted by Gasteiger charge is -2.09. The fourth-order valence-electron chi connectivity index (χ4n) is 1.58. The lowest BCUT2D eigenvalue weighted by atomic mass is 10.2. The van der Waals surface area contributed by atoms with Gasteiger partial charge in [0.05, 0.1) is 18.0 Å². The van der Waals surface area contributed by atoms with Crippen molar-refractivity contribution in [1.82, 2.24) is 0 Å². The number of rotatable bonds is 8. The molecule has 3 nitrogen and oxygen atoms in total. The monoisotopic (exact) mass is 278 g/mol. The molecule has 0 spiro atoms. The maximum absolute atomic E-state index is 10.9. The zero-order chi connectivity index (χ0) is 10.9. The van der Waals surface area contributed by atoms with Crippen LogP contribution in [0.4, 0.5) is 0 Å². The van der Waals surface area contributed by atoms with E-state index in [1.807, 2.05) is 0 Å². The molecule has 1 saturated heterocycles. The average Bonchev–Trinajstić information content (AvgIpc) is 2.75. The summed E-state index contributed by atoms with van der Waals surface area (Å²) in [4.78, 5) is 10.9. The van der Waals surface area contributed by atoms with Gasteiger partial charge in [-0.05, 0) is 25.7 Å². The van der Waals surface area contributed by atoms with E-state index in [1.165, 1.54) is 0 Å². The van der Waals surface area contributed by atoms with Gasteiger partial charge in [0.15, 0.2) is 0 Å². The highest BCUT2D eigenvalue weighted by Gasteiger charge is 2.14. The Kier molecular flexibility index (Phi) is 7.22. The molecule has 0 aromatic heterocycles. The van der Waals surface area contributed by atoms with Gasteiger partial charge in [-0.2, -0.15) is 0 Å². The molecule has 1 aliphatic rings. The molecule has 1 unspecified atom stereocenters. The Hall–Kier alpha value is 0.0700. The third-order valence-electron chi connectivity index (χ3n) is 2.47. The summed E-state index contributed by atoms with van der Waals surface area (Å²) in [6.45, 7) is 2.34. The van der Waals surface area contributed by atoms with Gasteiger partial charge in [0.1, 0.15) is 5.78 Å². The molecular weight excluding hydrogens is 260 g/mol. The van der Waals surface area contributed by atoms with Gasteiger partial charge in [0.25, 0.3) is 0 Å². The second kappa shape index (κ2) is 8.25. The van der Waals surface area contributed by atoms with E-state index < -0.39 is 0 Å². The third kappa shape index (κ3) is 6.28. The predicted molar refractivity (Wildman–Crippen MR) is 62.4 cm³/mol. The summed E-state index contributed by atoms with van der Waals surface area (Å²) in [6.07, 6.45) is 5.15. The van der Waals surface area contributed by atoms with Crippen LogP contribution in [-0.2, 0) is 14.3 Å². The summed E-state index contributed by atoms with van der Waals surface area (Å²) in [6, 6.07) is 0. The molecule has 1 aliphatic heterocycles. The number of hydrogen-bond donors (Lipinski definition) is 0. The molecule has 1 rings (SSSR count). The molecule has 1 fully saturated rings. The minimum absolute atomic E-state index is 0.272. The first-order chi connectivity index (χ1) is 7.33. The first-order valence-corrected chi connectivity index (χ1v) is 6.72. The standard InChI is InChI=1S/C11H19BrO3/c12-8-10(13)4-1-2-6-14-9-11-5-3-7-15-11/h11H,1-9H2. The van der Waals surface area contributed by atoms with Gasteiger partial charge in [0, 0.05) is 19.6 Å². The van der Waals surface area contributed by atoms with Crippen LogP contribution in [0.1, 0.15) is 32.1 Å². The Bertz CT molecular complexity index is 179. The van der Waals surface area contributed by atoms with Crippen molar-refractivity contribution in [2.45, 2.75) is 38.2 Å². The zero-order valence-electron chi connectivity index (χ0n) is 9.04. The van der Waals surface area contributed by atoms with Crippen molar-refractivity contribution in [2.75, 3.05) is 25.2 Å². The largest absolute Gasteiger partial charge is 0.379 e. The third-order valence-corrected chi connectivity index (χ3v) is 3.10. The lowest BCUT2D eigenvalue weighted by Crippen LogP contribution is -2.14. The van der Waals surface area contributed by atoms with Gasteiger partial charge in [-0.3, -0.25) is 4.79 Å². The molecule has 1 atom stereocenters. The van der Waals surface area contributed by atoms with E-state index in [0.717, 1.165) is 38.9 Å². The Balaban J connectivity index is 1.82. The van der Waals surface area contributed by atoms with Crippen molar-refractivity contribution in [3.05, 3.63) is 0 Å². The molecule has 0 radical (unpaired) electrons. The second-order valence-corrected chi connectivity index (χ2v) is 4.40. The summed E-state index contributed by atoms with van der Waals surface area (Å²) < 4.78 is 10.9. The van der Waals surface area contributed by atoms with Crippen LogP contribution in [0.2, 0.25) is 0 Å². The Morgan fingerprint density at radius 3 is 3.00 bits per heavy atom. The van der Waals surface area contributed by atoms with Crippen LogP contribution in [0.3, 0.4) is 0 Å². The molecule has 0 aromatic rings. The van der Waals surface area contributed by atoms with Gasteiger partial charge in [-0.25, -0.2) is 0 Å².